The van der Waals surface area contributed by atoms with Crippen molar-refractivity contribution in [2.45, 2.75) is 11.7 Å². The van der Waals surface area contributed by atoms with Crippen molar-refractivity contribution in [3.8, 4) is 5.88 Å². The normalized spacial score (nSPS) is 12.4. The summed E-state index contributed by atoms with van der Waals surface area (Å²) in [5.41, 5.74) is 2.38. The molecule has 0 radical (unpaired) electrons. The van der Waals surface area contributed by atoms with Gasteiger partial charge in [0.2, 0.25) is 5.88 Å². The van der Waals surface area contributed by atoms with Crippen molar-refractivity contribution in [1.82, 2.24) is 19.6 Å². The summed E-state index contributed by atoms with van der Waals surface area (Å²) in [7, 11) is 0. The highest BCUT2D eigenvalue weighted by Gasteiger charge is 2.17. The quantitative estimate of drug-likeness (QED) is 0.471. The third kappa shape index (κ3) is 3.88. The molecule has 0 aliphatic heterocycles. The molecule has 0 spiro atoms. The van der Waals surface area contributed by atoms with Gasteiger partial charge in [-0.1, -0.05) is 53.5 Å². The zero-order chi connectivity index (χ0) is 19.0. The van der Waals surface area contributed by atoms with Crippen LogP contribution in [0.4, 0.5) is 0 Å². The molecule has 0 saturated carbocycles. The van der Waals surface area contributed by atoms with Crippen LogP contribution in [0.1, 0.15) is 27.9 Å². The van der Waals surface area contributed by atoms with Gasteiger partial charge in [0.25, 0.3) is 5.78 Å². The summed E-state index contributed by atoms with van der Waals surface area (Å²) in [6.45, 7) is 0. The minimum atomic E-state index is -0.425. The van der Waals surface area contributed by atoms with Gasteiger partial charge in [-0.05, 0) is 29.3 Å². The maximum atomic E-state index is 10.4. The van der Waals surface area contributed by atoms with Crippen molar-refractivity contribution in [2.24, 2.45) is 0 Å². The molecule has 1 N–H and O–H groups in total. The minimum absolute atomic E-state index is 0.0611. The first-order valence-electron chi connectivity index (χ1n) is 8.13. The van der Waals surface area contributed by atoms with Crippen LogP contribution < -0.4 is 0 Å². The summed E-state index contributed by atoms with van der Waals surface area (Å²) >= 11 is 16.8. The third-order valence-corrected chi connectivity index (χ3v) is 5.04. The van der Waals surface area contributed by atoms with Gasteiger partial charge >= 0.3 is 0 Å². The molecule has 4 rings (SSSR count). The molecule has 4 aromatic rings. The van der Waals surface area contributed by atoms with E-state index in [4.69, 9.17) is 23.2 Å². The summed E-state index contributed by atoms with van der Waals surface area (Å²) in [6, 6.07) is 16.6. The number of aromatic hydroxyl groups is 1. The number of thiol groups is 1. The molecule has 1 atom stereocenters. The largest absolute Gasteiger partial charge is 0.493 e. The van der Waals surface area contributed by atoms with Gasteiger partial charge in [0.05, 0.1) is 10.9 Å². The smallest absolute Gasteiger partial charge is 0.255 e. The summed E-state index contributed by atoms with van der Waals surface area (Å²) < 4.78 is 1.31. The number of rotatable bonds is 4. The average Bonchev–Trinajstić information content (AvgIpc) is 3.04. The van der Waals surface area contributed by atoms with Gasteiger partial charge in [0.15, 0.2) is 5.82 Å². The Labute approximate surface area is 171 Å². The lowest BCUT2D eigenvalue weighted by Crippen LogP contribution is -2.01. The van der Waals surface area contributed by atoms with Crippen molar-refractivity contribution >= 4 is 41.6 Å². The SMILES string of the molecule is Oc1cc(C(S)c2cc(Cl)cc(Cl)c2)nc2nc(Cc3ccccc3)nn12. The molecule has 2 aromatic carbocycles. The van der Waals surface area contributed by atoms with Crippen LogP contribution in [0.25, 0.3) is 5.78 Å². The molecule has 136 valence electrons. The monoisotopic (exact) mass is 416 g/mol. The molecule has 0 saturated heterocycles. The van der Waals surface area contributed by atoms with Gasteiger partial charge in [0, 0.05) is 22.5 Å². The Kier molecular flexibility index (Phi) is 4.95. The first kappa shape index (κ1) is 18.1. The van der Waals surface area contributed by atoms with E-state index in [9.17, 15) is 5.11 Å². The molecule has 1 unspecified atom stereocenters. The van der Waals surface area contributed by atoms with Gasteiger partial charge in [0.1, 0.15) is 0 Å². The molecule has 8 heteroatoms. The number of halogens is 2. The van der Waals surface area contributed by atoms with Crippen LogP contribution in [0.15, 0.2) is 54.6 Å². The van der Waals surface area contributed by atoms with E-state index in [1.54, 1.807) is 18.2 Å². The lowest BCUT2D eigenvalue weighted by atomic mass is 10.1. The fourth-order valence-corrected chi connectivity index (χ4v) is 3.63. The van der Waals surface area contributed by atoms with Crippen LogP contribution in [-0.2, 0) is 6.42 Å². The number of aromatic nitrogens is 4. The molecule has 0 fully saturated rings. The van der Waals surface area contributed by atoms with E-state index in [-0.39, 0.29) is 5.88 Å². The molecule has 0 bridgehead atoms. The van der Waals surface area contributed by atoms with E-state index in [0.29, 0.717) is 33.8 Å². The van der Waals surface area contributed by atoms with Crippen molar-refractivity contribution in [1.29, 1.82) is 0 Å². The zero-order valence-corrected chi connectivity index (χ0v) is 16.3. The van der Waals surface area contributed by atoms with E-state index >= 15 is 0 Å². The predicted molar refractivity (Wildman–Crippen MR) is 109 cm³/mol. The first-order chi connectivity index (χ1) is 13.0. The van der Waals surface area contributed by atoms with Crippen molar-refractivity contribution < 1.29 is 5.11 Å². The molecule has 2 aromatic heterocycles. The lowest BCUT2D eigenvalue weighted by molar-refractivity contribution is 0.433. The zero-order valence-electron chi connectivity index (χ0n) is 13.9. The second-order valence-electron chi connectivity index (χ2n) is 6.05. The van der Waals surface area contributed by atoms with Gasteiger partial charge in [-0.15, -0.1) is 5.10 Å². The van der Waals surface area contributed by atoms with Crippen LogP contribution in [-0.4, -0.2) is 24.7 Å². The second kappa shape index (κ2) is 7.38. The molecular formula is C19H14Cl2N4OS. The third-order valence-electron chi connectivity index (χ3n) is 4.04. The Hall–Kier alpha value is -2.28. The highest BCUT2D eigenvalue weighted by molar-refractivity contribution is 7.80. The van der Waals surface area contributed by atoms with E-state index in [0.717, 1.165) is 11.1 Å². The summed E-state index contributed by atoms with van der Waals surface area (Å²) in [6.07, 6.45) is 0.549. The van der Waals surface area contributed by atoms with Crippen LogP contribution in [0.5, 0.6) is 5.88 Å². The van der Waals surface area contributed by atoms with E-state index in [2.05, 4.69) is 27.7 Å². The van der Waals surface area contributed by atoms with Crippen LogP contribution in [0.2, 0.25) is 10.0 Å². The molecule has 0 aliphatic rings. The Morgan fingerprint density at radius 2 is 1.70 bits per heavy atom. The topological polar surface area (TPSA) is 63.3 Å². The Morgan fingerprint density at radius 3 is 2.41 bits per heavy atom. The van der Waals surface area contributed by atoms with E-state index in [1.807, 2.05) is 30.3 Å². The number of nitrogens with zero attached hydrogens (tertiary/aromatic N) is 4. The Balaban J connectivity index is 1.70. The second-order valence-corrected chi connectivity index (χ2v) is 7.44. The average molecular weight is 417 g/mol. The van der Waals surface area contributed by atoms with Gasteiger partial charge in [-0.2, -0.15) is 22.1 Å². The molecule has 0 amide bonds. The Bertz CT molecular complexity index is 1100. The minimum Gasteiger partial charge on any atom is -0.493 e. The van der Waals surface area contributed by atoms with Crippen molar-refractivity contribution in [3.63, 3.8) is 0 Å². The van der Waals surface area contributed by atoms with Crippen LogP contribution >= 0.6 is 35.8 Å². The summed E-state index contributed by atoms with van der Waals surface area (Å²) in [5, 5.41) is 15.3. The standard InChI is InChI=1S/C19H14Cl2N4OS/c20-13-7-12(8-14(21)9-13)18(27)15-10-17(26)25-19(22-15)23-16(24-25)6-11-4-2-1-3-5-11/h1-5,7-10,18,26-27H,6H2. The van der Waals surface area contributed by atoms with Crippen molar-refractivity contribution in [2.75, 3.05) is 0 Å². The van der Waals surface area contributed by atoms with E-state index in [1.165, 1.54) is 10.6 Å². The fraction of sp³-hybridized carbons (Fsp3) is 0.105. The lowest BCUT2D eigenvalue weighted by Gasteiger charge is -2.12. The number of fused-ring (bicyclic) bond motifs is 1. The summed E-state index contributed by atoms with van der Waals surface area (Å²) in [4.78, 5) is 8.94. The molecule has 5 nitrogen and oxygen atoms in total. The highest BCUT2D eigenvalue weighted by atomic mass is 35.5. The Morgan fingerprint density at radius 1 is 1.00 bits per heavy atom. The van der Waals surface area contributed by atoms with Crippen molar-refractivity contribution in [3.05, 3.63) is 87.3 Å². The fourth-order valence-electron chi connectivity index (χ4n) is 2.81. The number of hydrogen-bond donors (Lipinski definition) is 2. The molecular weight excluding hydrogens is 403 g/mol. The van der Waals surface area contributed by atoms with Gasteiger partial charge in [-0.3, -0.25) is 0 Å². The first-order valence-corrected chi connectivity index (χ1v) is 9.40. The maximum absolute atomic E-state index is 10.4. The molecule has 27 heavy (non-hydrogen) atoms. The van der Waals surface area contributed by atoms with Crippen LogP contribution in [0.3, 0.4) is 0 Å². The summed E-state index contributed by atoms with van der Waals surface area (Å²) in [5.74, 6) is 0.819. The highest BCUT2D eigenvalue weighted by Crippen LogP contribution is 2.32. The maximum Gasteiger partial charge on any atom is 0.255 e. The number of hydrogen-bond acceptors (Lipinski definition) is 5. The predicted octanol–water partition coefficient (Wildman–Crippen LogP) is 4.75. The van der Waals surface area contributed by atoms with Gasteiger partial charge in [-0.25, -0.2) is 4.98 Å². The van der Waals surface area contributed by atoms with E-state index < -0.39 is 5.25 Å². The molecule has 2 heterocycles. The number of benzene rings is 2. The molecule has 0 aliphatic carbocycles. The van der Waals surface area contributed by atoms with Crippen LogP contribution in [0, 0.1) is 0 Å². The van der Waals surface area contributed by atoms with Gasteiger partial charge < -0.3 is 5.11 Å².